The van der Waals surface area contributed by atoms with Crippen LogP contribution in [0.5, 0.6) is 0 Å². The lowest BCUT2D eigenvalue weighted by molar-refractivity contribution is 0.0277. The second-order valence-corrected chi connectivity index (χ2v) is 9.00. The van der Waals surface area contributed by atoms with Crippen LogP contribution in [0.3, 0.4) is 0 Å². The summed E-state index contributed by atoms with van der Waals surface area (Å²) in [7, 11) is 6.97. The van der Waals surface area contributed by atoms with E-state index in [1.54, 1.807) is 38.0 Å². The largest absolute Gasteiger partial charge is 0.444 e. The first-order chi connectivity index (χ1) is 14.4. The van der Waals surface area contributed by atoms with Crippen molar-refractivity contribution in [2.24, 2.45) is 10.9 Å². The van der Waals surface area contributed by atoms with E-state index in [0.717, 1.165) is 12.0 Å². The van der Waals surface area contributed by atoms with Gasteiger partial charge in [0.05, 0.1) is 0 Å². The molecule has 0 aliphatic carbocycles. The Labute approximate surface area is 210 Å². The fourth-order valence-electron chi connectivity index (χ4n) is 2.88. The molecule has 2 N–H and O–H groups in total. The maximum Gasteiger partial charge on any atom is 0.410 e. The highest BCUT2D eigenvalue weighted by Crippen LogP contribution is 2.10. The van der Waals surface area contributed by atoms with Gasteiger partial charge < -0.3 is 25.2 Å². The van der Waals surface area contributed by atoms with E-state index in [1.807, 2.05) is 45.0 Å². The van der Waals surface area contributed by atoms with Crippen LogP contribution in [0.25, 0.3) is 0 Å². The molecule has 0 fully saturated rings. The maximum absolute atomic E-state index is 12.1. The number of halogens is 1. The minimum atomic E-state index is -0.502. The van der Waals surface area contributed by atoms with Gasteiger partial charge in [0.1, 0.15) is 5.60 Å². The topological polar surface area (TPSA) is 86.3 Å². The highest BCUT2D eigenvalue weighted by atomic mass is 127. The first-order valence-electron chi connectivity index (χ1n) is 10.6. The summed E-state index contributed by atoms with van der Waals surface area (Å²) in [5.41, 5.74) is 1.27. The molecule has 0 heterocycles. The number of amides is 2. The number of nitrogens with one attached hydrogen (secondary N) is 2. The van der Waals surface area contributed by atoms with E-state index in [4.69, 9.17) is 4.74 Å². The van der Waals surface area contributed by atoms with Gasteiger partial charge in [0, 0.05) is 53.4 Å². The molecule has 182 valence electrons. The molecule has 32 heavy (non-hydrogen) atoms. The van der Waals surface area contributed by atoms with E-state index in [-0.39, 0.29) is 41.9 Å². The van der Waals surface area contributed by atoms with Gasteiger partial charge in [0.25, 0.3) is 5.91 Å². The van der Waals surface area contributed by atoms with Crippen LogP contribution in [0.15, 0.2) is 29.3 Å². The molecule has 1 atom stereocenters. The molecule has 8 nitrogen and oxygen atoms in total. The fourth-order valence-corrected chi connectivity index (χ4v) is 2.88. The van der Waals surface area contributed by atoms with E-state index < -0.39 is 5.60 Å². The zero-order valence-electron chi connectivity index (χ0n) is 20.7. The zero-order valence-corrected chi connectivity index (χ0v) is 23.0. The molecule has 1 rings (SSSR count). The van der Waals surface area contributed by atoms with Crippen LogP contribution < -0.4 is 10.6 Å². The molecular formula is C23H40IN5O3. The average Bonchev–Trinajstić information content (AvgIpc) is 2.68. The van der Waals surface area contributed by atoms with Gasteiger partial charge in [-0.2, -0.15) is 0 Å². The van der Waals surface area contributed by atoms with Crippen molar-refractivity contribution >= 4 is 41.9 Å². The van der Waals surface area contributed by atoms with Gasteiger partial charge in [-0.1, -0.05) is 19.1 Å². The molecule has 2 amide bonds. The van der Waals surface area contributed by atoms with E-state index >= 15 is 0 Å². The van der Waals surface area contributed by atoms with Crippen LogP contribution >= 0.6 is 24.0 Å². The summed E-state index contributed by atoms with van der Waals surface area (Å²) in [6.07, 6.45) is 0.448. The quantitative estimate of drug-likeness (QED) is 0.289. The van der Waals surface area contributed by atoms with Gasteiger partial charge in [0.15, 0.2) is 5.96 Å². The average molecular weight is 562 g/mol. The third kappa shape index (κ3) is 11.5. The Morgan fingerprint density at radius 3 is 2.38 bits per heavy atom. The highest BCUT2D eigenvalue weighted by Gasteiger charge is 2.20. The number of hydrogen-bond acceptors (Lipinski definition) is 4. The molecule has 0 bridgehead atoms. The van der Waals surface area contributed by atoms with Crippen molar-refractivity contribution in [2.75, 3.05) is 47.8 Å². The fraction of sp³-hybridized carbons (Fsp3) is 0.609. The number of aliphatic imine (C=N–C) groups is 1. The van der Waals surface area contributed by atoms with Gasteiger partial charge >= 0.3 is 6.09 Å². The maximum atomic E-state index is 12.1. The molecule has 1 unspecified atom stereocenters. The van der Waals surface area contributed by atoms with Gasteiger partial charge in [-0.25, -0.2) is 4.79 Å². The summed E-state index contributed by atoms with van der Waals surface area (Å²) < 4.78 is 5.39. The van der Waals surface area contributed by atoms with Crippen molar-refractivity contribution in [3.8, 4) is 0 Å². The Bertz CT molecular complexity index is 762. The van der Waals surface area contributed by atoms with Crippen LogP contribution in [0.2, 0.25) is 0 Å². The monoisotopic (exact) mass is 561 g/mol. The standard InChI is InChI=1S/C23H39N5O3.HI/c1-17(16-28(8)22(30)31-23(2,3)4)15-26-21(24-5)25-13-12-18-10-9-11-19(14-18)20(29)27(6)7;/h9-11,14,17H,12-13,15-16H2,1-8H3,(H2,24,25,26);1H. The number of hydrogen-bond donors (Lipinski definition) is 2. The van der Waals surface area contributed by atoms with Crippen LogP contribution in [-0.2, 0) is 11.2 Å². The molecule has 9 heteroatoms. The lowest BCUT2D eigenvalue weighted by Crippen LogP contribution is -2.43. The van der Waals surface area contributed by atoms with Crippen molar-refractivity contribution in [3.05, 3.63) is 35.4 Å². The second kappa shape index (κ2) is 14.2. The molecular weight excluding hydrogens is 521 g/mol. The minimum absolute atomic E-state index is 0. The predicted molar refractivity (Wildman–Crippen MR) is 141 cm³/mol. The molecule has 0 radical (unpaired) electrons. The predicted octanol–water partition coefficient (Wildman–Crippen LogP) is 3.22. The first-order valence-corrected chi connectivity index (χ1v) is 10.6. The van der Waals surface area contributed by atoms with Gasteiger partial charge in [-0.3, -0.25) is 9.79 Å². The minimum Gasteiger partial charge on any atom is -0.444 e. The van der Waals surface area contributed by atoms with Gasteiger partial charge in [0.2, 0.25) is 0 Å². The number of carbonyl (C=O) groups excluding carboxylic acids is 2. The van der Waals surface area contributed by atoms with Crippen LogP contribution in [0.1, 0.15) is 43.6 Å². The summed E-state index contributed by atoms with van der Waals surface area (Å²) in [5, 5.41) is 6.58. The van der Waals surface area contributed by atoms with Crippen molar-refractivity contribution in [1.82, 2.24) is 20.4 Å². The van der Waals surface area contributed by atoms with Crippen molar-refractivity contribution < 1.29 is 14.3 Å². The van der Waals surface area contributed by atoms with Gasteiger partial charge in [-0.05, 0) is 50.8 Å². The van der Waals surface area contributed by atoms with E-state index in [2.05, 4.69) is 22.5 Å². The van der Waals surface area contributed by atoms with E-state index in [9.17, 15) is 9.59 Å². The first kappa shape index (κ1) is 30.0. The Balaban J connectivity index is 0.00000961. The van der Waals surface area contributed by atoms with E-state index in [1.165, 1.54) is 0 Å². The third-order valence-electron chi connectivity index (χ3n) is 4.42. The van der Waals surface area contributed by atoms with Crippen LogP contribution in [0.4, 0.5) is 4.79 Å². The van der Waals surface area contributed by atoms with Crippen LogP contribution in [-0.4, -0.2) is 81.2 Å². The van der Waals surface area contributed by atoms with Crippen molar-refractivity contribution in [1.29, 1.82) is 0 Å². The lowest BCUT2D eigenvalue weighted by Gasteiger charge is -2.26. The number of carbonyl (C=O) groups is 2. The third-order valence-corrected chi connectivity index (χ3v) is 4.42. The summed E-state index contributed by atoms with van der Waals surface area (Å²) >= 11 is 0. The Morgan fingerprint density at radius 1 is 1.16 bits per heavy atom. The molecule has 0 aliphatic rings. The summed E-state index contributed by atoms with van der Waals surface area (Å²) in [6.45, 7) is 9.56. The SMILES string of the molecule is CN=C(NCCc1cccc(C(=O)N(C)C)c1)NCC(C)CN(C)C(=O)OC(C)(C)C.I. The Hall–Kier alpha value is -2.04. The van der Waals surface area contributed by atoms with Gasteiger partial charge in [-0.15, -0.1) is 24.0 Å². The molecule has 1 aromatic carbocycles. The van der Waals surface area contributed by atoms with Crippen molar-refractivity contribution in [3.63, 3.8) is 0 Å². The number of nitrogens with zero attached hydrogens (tertiary/aromatic N) is 3. The summed E-state index contributed by atoms with van der Waals surface area (Å²) in [4.78, 5) is 31.6. The zero-order chi connectivity index (χ0) is 23.6. The molecule has 1 aromatic rings. The second-order valence-electron chi connectivity index (χ2n) is 9.00. The number of benzene rings is 1. The Morgan fingerprint density at radius 2 is 1.81 bits per heavy atom. The van der Waals surface area contributed by atoms with E-state index in [0.29, 0.717) is 31.2 Å². The summed E-state index contributed by atoms with van der Waals surface area (Å²) in [6, 6.07) is 7.67. The number of rotatable bonds is 8. The summed E-state index contributed by atoms with van der Waals surface area (Å²) in [5.74, 6) is 0.912. The number of ether oxygens (including phenoxy) is 1. The van der Waals surface area contributed by atoms with Crippen molar-refractivity contribution in [2.45, 2.75) is 39.7 Å². The van der Waals surface area contributed by atoms with Crippen LogP contribution in [0, 0.1) is 5.92 Å². The normalized spacial score (nSPS) is 12.3. The molecule has 0 spiro atoms. The molecule has 0 aliphatic heterocycles. The number of guanidine groups is 1. The molecule has 0 saturated carbocycles. The smallest absolute Gasteiger partial charge is 0.410 e. The molecule has 0 saturated heterocycles. The Kier molecular flexibility index (Phi) is 13.3. The highest BCUT2D eigenvalue weighted by molar-refractivity contribution is 14.0. The lowest BCUT2D eigenvalue weighted by atomic mass is 10.1. The molecule has 0 aromatic heterocycles.